The standard InChI is InChI=1S/C30H41NO3Si/c1-8-15-26-24-20-25(24)27(31(26)28(32)34-29(2,3)4)21-33-35(30(5,6)7,22-16-11-9-12-17-22)23-18-13-10-14-19-23/h8-14,16-19,24-27H,1,15,20-21H2,2-7H3/t24?,25?,26?,27-/m1/s1. The molecular weight excluding hydrogens is 450 g/mol. The highest BCUT2D eigenvalue weighted by atomic mass is 28.4. The third kappa shape index (κ3) is 4.98. The van der Waals surface area contributed by atoms with Crippen LogP contribution in [-0.4, -0.2) is 43.6 Å². The predicted octanol–water partition coefficient (Wildman–Crippen LogP) is 5.76. The molecule has 4 nitrogen and oxygen atoms in total. The van der Waals surface area contributed by atoms with Crippen molar-refractivity contribution < 1.29 is 14.0 Å². The highest BCUT2D eigenvalue weighted by Crippen LogP contribution is 2.55. The SMILES string of the molecule is C=CCC1C2CC2[C@@H](CO[Si](c2ccccc2)(c2ccccc2)C(C)(C)C)N1C(=O)OC(C)(C)C. The van der Waals surface area contributed by atoms with E-state index in [1.54, 1.807) is 0 Å². The van der Waals surface area contributed by atoms with Crippen LogP contribution in [0, 0.1) is 11.8 Å². The third-order valence-corrected chi connectivity index (χ3v) is 12.5. The summed E-state index contributed by atoms with van der Waals surface area (Å²) in [6.45, 7) is 17.1. The maximum Gasteiger partial charge on any atom is 0.410 e. The second-order valence-corrected chi connectivity index (χ2v) is 16.4. The highest BCUT2D eigenvalue weighted by Gasteiger charge is 2.61. The second kappa shape index (κ2) is 9.59. The molecule has 3 unspecified atom stereocenters. The van der Waals surface area contributed by atoms with Gasteiger partial charge in [0.05, 0.1) is 12.6 Å². The van der Waals surface area contributed by atoms with Crippen molar-refractivity contribution in [2.24, 2.45) is 11.8 Å². The molecule has 188 valence electrons. The summed E-state index contributed by atoms with van der Waals surface area (Å²) in [5.74, 6) is 0.971. The van der Waals surface area contributed by atoms with Gasteiger partial charge in [0.15, 0.2) is 0 Å². The Labute approximate surface area is 212 Å². The van der Waals surface area contributed by atoms with Crippen molar-refractivity contribution in [3.63, 3.8) is 0 Å². The zero-order valence-electron chi connectivity index (χ0n) is 22.2. The first-order valence-corrected chi connectivity index (χ1v) is 14.8. The molecule has 1 saturated carbocycles. The number of carbonyl (C=O) groups excluding carboxylic acids is 1. The number of hydrogen-bond acceptors (Lipinski definition) is 3. The number of amides is 1. The Bertz CT molecular complexity index is 986. The minimum Gasteiger partial charge on any atom is -0.444 e. The van der Waals surface area contributed by atoms with Crippen LogP contribution < -0.4 is 10.4 Å². The Morgan fingerprint density at radius 3 is 1.91 bits per heavy atom. The Hall–Kier alpha value is -2.37. The molecule has 5 heteroatoms. The Balaban J connectivity index is 1.71. The van der Waals surface area contributed by atoms with Crippen molar-refractivity contribution in [3.8, 4) is 0 Å². The van der Waals surface area contributed by atoms with Gasteiger partial charge in [-0.05, 0) is 60.9 Å². The van der Waals surface area contributed by atoms with Crippen LogP contribution in [0.5, 0.6) is 0 Å². The normalized spacial score (nSPS) is 24.1. The number of nitrogens with zero attached hydrogens (tertiary/aromatic N) is 1. The zero-order chi connectivity index (χ0) is 25.4. The molecule has 1 amide bonds. The number of fused-ring (bicyclic) bond motifs is 1. The van der Waals surface area contributed by atoms with Gasteiger partial charge in [-0.15, -0.1) is 6.58 Å². The van der Waals surface area contributed by atoms with E-state index in [0.29, 0.717) is 18.4 Å². The Morgan fingerprint density at radius 1 is 0.943 bits per heavy atom. The van der Waals surface area contributed by atoms with Gasteiger partial charge in [-0.1, -0.05) is 87.5 Å². The molecule has 1 aliphatic carbocycles. The van der Waals surface area contributed by atoms with Crippen LogP contribution in [0.2, 0.25) is 5.04 Å². The summed E-state index contributed by atoms with van der Waals surface area (Å²) < 4.78 is 13.1. The first kappa shape index (κ1) is 25.7. The summed E-state index contributed by atoms with van der Waals surface area (Å²) in [5, 5.41) is 2.42. The molecule has 2 aliphatic rings. The molecule has 1 heterocycles. The van der Waals surface area contributed by atoms with Gasteiger partial charge in [0.2, 0.25) is 0 Å². The fraction of sp³-hybridized carbons (Fsp3) is 0.500. The lowest BCUT2D eigenvalue weighted by Gasteiger charge is -2.44. The molecule has 0 radical (unpaired) electrons. The molecule has 4 rings (SSSR count). The minimum atomic E-state index is -2.68. The minimum absolute atomic E-state index is 0.0152. The maximum absolute atomic E-state index is 13.4. The van der Waals surface area contributed by atoms with E-state index >= 15 is 0 Å². The van der Waals surface area contributed by atoms with Crippen LogP contribution in [0.1, 0.15) is 54.4 Å². The smallest absolute Gasteiger partial charge is 0.410 e. The van der Waals surface area contributed by atoms with E-state index in [2.05, 4.69) is 88.0 Å². The molecular formula is C30H41NO3Si. The summed E-state index contributed by atoms with van der Waals surface area (Å²) in [6, 6.07) is 21.6. The van der Waals surface area contributed by atoms with Crippen molar-refractivity contribution in [1.82, 2.24) is 4.90 Å². The first-order valence-electron chi connectivity index (χ1n) is 12.9. The number of likely N-dealkylation sites (tertiary alicyclic amines) is 1. The van der Waals surface area contributed by atoms with Crippen LogP contribution >= 0.6 is 0 Å². The first-order chi connectivity index (χ1) is 16.5. The van der Waals surface area contributed by atoms with Crippen LogP contribution in [0.4, 0.5) is 4.79 Å². The second-order valence-electron chi connectivity index (χ2n) is 12.1. The molecule has 0 bridgehead atoms. The van der Waals surface area contributed by atoms with Crippen LogP contribution in [-0.2, 0) is 9.16 Å². The van der Waals surface area contributed by atoms with E-state index in [4.69, 9.17) is 9.16 Å². The van der Waals surface area contributed by atoms with Gasteiger partial charge in [-0.25, -0.2) is 4.79 Å². The fourth-order valence-electron chi connectivity index (χ4n) is 6.00. The van der Waals surface area contributed by atoms with Gasteiger partial charge < -0.3 is 9.16 Å². The number of benzene rings is 2. The molecule has 4 atom stereocenters. The fourth-order valence-corrected chi connectivity index (χ4v) is 10.6. The van der Waals surface area contributed by atoms with Crippen LogP contribution in [0.25, 0.3) is 0 Å². The van der Waals surface area contributed by atoms with E-state index in [1.165, 1.54) is 10.4 Å². The number of ether oxygens (including phenoxy) is 1. The zero-order valence-corrected chi connectivity index (χ0v) is 23.2. The topological polar surface area (TPSA) is 38.8 Å². The number of piperidine rings is 1. The van der Waals surface area contributed by atoms with E-state index in [1.807, 2.05) is 31.7 Å². The van der Waals surface area contributed by atoms with Gasteiger partial charge in [0, 0.05) is 6.04 Å². The van der Waals surface area contributed by atoms with Crippen molar-refractivity contribution >= 4 is 24.8 Å². The summed E-state index contributed by atoms with van der Waals surface area (Å²) in [4.78, 5) is 15.4. The summed E-state index contributed by atoms with van der Waals surface area (Å²) in [7, 11) is -2.68. The van der Waals surface area contributed by atoms with Crippen molar-refractivity contribution in [2.75, 3.05) is 6.61 Å². The van der Waals surface area contributed by atoms with Crippen molar-refractivity contribution in [3.05, 3.63) is 73.3 Å². The monoisotopic (exact) mass is 491 g/mol. The molecule has 2 fully saturated rings. The van der Waals surface area contributed by atoms with Crippen molar-refractivity contribution in [1.29, 1.82) is 0 Å². The predicted molar refractivity (Wildman–Crippen MR) is 146 cm³/mol. The number of hydrogen-bond donors (Lipinski definition) is 0. The molecule has 0 aromatic heterocycles. The lowest BCUT2D eigenvalue weighted by molar-refractivity contribution is 0.00419. The van der Waals surface area contributed by atoms with Gasteiger partial charge in [0.1, 0.15) is 5.60 Å². The highest BCUT2D eigenvalue weighted by molar-refractivity contribution is 6.99. The third-order valence-electron chi connectivity index (χ3n) is 7.49. The molecule has 1 aliphatic heterocycles. The van der Waals surface area contributed by atoms with Gasteiger partial charge in [0.25, 0.3) is 8.32 Å². The Kier molecular flexibility index (Phi) is 7.04. The van der Waals surface area contributed by atoms with E-state index < -0.39 is 13.9 Å². The number of rotatable bonds is 7. The largest absolute Gasteiger partial charge is 0.444 e. The number of carbonyl (C=O) groups is 1. The van der Waals surface area contributed by atoms with E-state index in [-0.39, 0.29) is 23.2 Å². The molecule has 2 aromatic rings. The molecule has 0 spiro atoms. The molecule has 1 saturated heterocycles. The van der Waals surface area contributed by atoms with Gasteiger partial charge >= 0.3 is 6.09 Å². The molecule has 35 heavy (non-hydrogen) atoms. The molecule has 0 N–H and O–H groups in total. The average Bonchev–Trinajstić information content (AvgIpc) is 3.52. The maximum atomic E-state index is 13.4. The van der Waals surface area contributed by atoms with Crippen molar-refractivity contribution in [2.45, 2.75) is 77.1 Å². The van der Waals surface area contributed by atoms with E-state index in [9.17, 15) is 4.79 Å². The molecule has 2 aromatic carbocycles. The average molecular weight is 492 g/mol. The quantitative estimate of drug-likeness (QED) is 0.365. The van der Waals surface area contributed by atoms with Crippen LogP contribution in [0.15, 0.2) is 73.3 Å². The lowest BCUT2D eigenvalue weighted by atomic mass is 10.1. The summed E-state index contributed by atoms with van der Waals surface area (Å²) in [5.41, 5.74) is -0.536. The van der Waals surface area contributed by atoms with Gasteiger partial charge in [-0.2, -0.15) is 0 Å². The van der Waals surface area contributed by atoms with Gasteiger partial charge in [-0.3, -0.25) is 4.90 Å². The Morgan fingerprint density at radius 2 is 1.46 bits per heavy atom. The van der Waals surface area contributed by atoms with Crippen LogP contribution in [0.3, 0.4) is 0 Å². The van der Waals surface area contributed by atoms with E-state index in [0.717, 1.165) is 12.8 Å². The summed E-state index contributed by atoms with van der Waals surface area (Å²) >= 11 is 0. The summed E-state index contributed by atoms with van der Waals surface area (Å²) in [6.07, 6.45) is 3.64. The lowest BCUT2D eigenvalue weighted by Crippen LogP contribution is -2.67.